The molecule has 0 bridgehead atoms. The third-order valence-electron chi connectivity index (χ3n) is 2.00. The van der Waals surface area contributed by atoms with E-state index in [4.69, 9.17) is 14.2 Å². The predicted molar refractivity (Wildman–Crippen MR) is 55.3 cm³/mol. The van der Waals surface area contributed by atoms with Crippen molar-refractivity contribution >= 4 is 5.97 Å². The summed E-state index contributed by atoms with van der Waals surface area (Å²) in [5.41, 5.74) is 0.969. The number of carbonyl (C=O) groups excluding carboxylic acids is 1. The van der Waals surface area contributed by atoms with Gasteiger partial charge in [0.15, 0.2) is 5.79 Å². The lowest BCUT2D eigenvalue weighted by Gasteiger charge is -2.16. The topological polar surface area (TPSA) is 44.8 Å². The van der Waals surface area contributed by atoms with Gasteiger partial charge in [-0.1, -0.05) is 6.08 Å². The third kappa shape index (κ3) is 4.44. The molecule has 1 aliphatic rings. The fourth-order valence-corrected chi connectivity index (χ4v) is 1.38. The van der Waals surface area contributed by atoms with Crippen LogP contribution in [-0.2, 0) is 19.0 Å². The van der Waals surface area contributed by atoms with Crippen LogP contribution in [0.5, 0.6) is 0 Å². The van der Waals surface area contributed by atoms with Crippen molar-refractivity contribution in [1.82, 2.24) is 0 Å². The molecule has 0 amide bonds. The maximum Gasteiger partial charge on any atom is 0.302 e. The molecule has 4 nitrogen and oxygen atoms in total. The first-order valence-electron chi connectivity index (χ1n) is 5.01. The molecule has 1 fully saturated rings. The molecule has 1 unspecified atom stereocenters. The molecule has 0 saturated carbocycles. The highest BCUT2D eigenvalue weighted by atomic mass is 16.7. The maximum atomic E-state index is 10.6. The van der Waals surface area contributed by atoms with Crippen LogP contribution < -0.4 is 0 Å². The van der Waals surface area contributed by atoms with Crippen LogP contribution in [0.15, 0.2) is 11.6 Å². The van der Waals surface area contributed by atoms with E-state index in [9.17, 15) is 4.79 Å². The maximum absolute atomic E-state index is 10.6. The van der Waals surface area contributed by atoms with Gasteiger partial charge in [0.2, 0.25) is 0 Å². The summed E-state index contributed by atoms with van der Waals surface area (Å²) in [6.45, 7) is 7.91. The molecule has 1 heterocycles. The summed E-state index contributed by atoms with van der Waals surface area (Å²) in [5, 5.41) is 0. The first-order chi connectivity index (χ1) is 6.89. The molecule has 0 aromatic heterocycles. The zero-order chi connectivity index (χ0) is 11.5. The molecular formula is C11H18O4. The minimum atomic E-state index is -0.511. The Kier molecular flexibility index (Phi) is 3.88. The van der Waals surface area contributed by atoms with Crippen LogP contribution in [0.25, 0.3) is 0 Å². The fourth-order valence-electron chi connectivity index (χ4n) is 1.38. The zero-order valence-corrected chi connectivity index (χ0v) is 9.70. The van der Waals surface area contributed by atoms with E-state index in [1.54, 1.807) is 0 Å². The first kappa shape index (κ1) is 12.2. The van der Waals surface area contributed by atoms with Crippen molar-refractivity contribution in [3.05, 3.63) is 11.6 Å². The van der Waals surface area contributed by atoms with Gasteiger partial charge in [0, 0.05) is 6.92 Å². The van der Waals surface area contributed by atoms with Gasteiger partial charge >= 0.3 is 5.97 Å². The Labute approximate surface area is 90.2 Å². The summed E-state index contributed by atoms with van der Waals surface area (Å²) in [6, 6.07) is 0. The van der Waals surface area contributed by atoms with Crippen molar-refractivity contribution in [3.63, 3.8) is 0 Å². The molecule has 0 aliphatic carbocycles. The Balaban J connectivity index is 2.39. The number of carbonyl (C=O) groups is 1. The van der Waals surface area contributed by atoms with E-state index >= 15 is 0 Å². The molecule has 15 heavy (non-hydrogen) atoms. The molecule has 1 atom stereocenters. The Hall–Kier alpha value is -0.870. The highest BCUT2D eigenvalue weighted by Crippen LogP contribution is 2.23. The predicted octanol–water partition coefficient (Wildman–Crippen LogP) is 1.65. The molecule has 0 N–H and O–H groups in total. The first-order valence-corrected chi connectivity index (χ1v) is 5.01. The van der Waals surface area contributed by atoms with Crippen molar-refractivity contribution in [2.75, 3.05) is 13.2 Å². The van der Waals surface area contributed by atoms with Crippen molar-refractivity contribution in [2.45, 2.75) is 39.6 Å². The largest absolute Gasteiger partial charge is 0.461 e. The molecule has 86 valence electrons. The van der Waals surface area contributed by atoms with Crippen LogP contribution in [0.2, 0.25) is 0 Å². The summed E-state index contributed by atoms with van der Waals surface area (Å²) in [7, 11) is 0. The average Bonchev–Trinajstić information content (AvgIpc) is 2.42. The van der Waals surface area contributed by atoms with Crippen molar-refractivity contribution < 1.29 is 19.0 Å². The number of hydrogen-bond donors (Lipinski definition) is 0. The lowest BCUT2D eigenvalue weighted by atomic mass is 10.2. The van der Waals surface area contributed by atoms with E-state index in [1.165, 1.54) is 6.92 Å². The molecule has 0 spiro atoms. The number of rotatable bonds is 3. The highest BCUT2D eigenvalue weighted by Gasteiger charge is 2.31. The number of ether oxygens (including phenoxy) is 3. The molecule has 4 heteroatoms. The van der Waals surface area contributed by atoms with E-state index in [0.29, 0.717) is 13.2 Å². The van der Waals surface area contributed by atoms with Crippen LogP contribution in [0.3, 0.4) is 0 Å². The van der Waals surface area contributed by atoms with Crippen LogP contribution in [0.4, 0.5) is 0 Å². The molecule has 1 rings (SSSR count). The van der Waals surface area contributed by atoms with E-state index in [1.807, 2.05) is 26.8 Å². The van der Waals surface area contributed by atoms with Crippen molar-refractivity contribution in [1.29, 1.82) is 0 Å². The average molecular weight is 214 g/mol. The van der Waals surface area contributed by atoms with Gasteiger partial charge in [0.05, 0.1) is 6.61 Å². The van der Waals surface area contributed by atoms with Gasteiger partial charge in [-0.15, -0.1) is 0 Å². The molecule has 1 aliphatic heterocycles. The fraction of sp³-hybridized carbons (Fsp3) is 0.727. The Bertz CT molecular complexity index is 268. The summed E-state index contributed by atoms with van der Waals surface area (Å²) in [5.74, 6) is -0.783. The lowest BCUT2D eigenvalue weighted by molar-refractivity contribution is -0.140. The Morgan fingerprint density at radius 2 is 2.20 bits per heavy atom. The number of esters is 1. The highest BCUT2D eigenvalue weighted by molar-refractivity contribution is 5.66. The molecule has 0 radical (unpaired) electrons. The Morgan fingerprint density at radius 1 is 1.53 bits per heavy atom. The monoisotopic (exact) mass is 214 g/mol. The van der Waals surface area contributed by atoms with Gasteiger partial charge in [-0.05, 0) is 26.3 Å². The summed E-state index contributed by atoms with van der Waals surface area (Å²) >= 11 is 0. The number of hydrogen-bond acceptors (Lipinski definition) is 4. The van der Waals surface area contributed by atoms with Gasteiger partial charge in [-0.3, -0.25) is 4.79 Å². The third-order valence-corrected chi connectivity index (χ3v) is 2.00. The van der Waals surface area contributed by atoms with E-state index in [-0.39, 0.29) is 12.1 Å². The quantitative estimate of drug-likeness (QED) is 0.529. The second-order valence-electron chi connectivity index (χ2n) is 4.16. The van der Waals surface area contributed by atoms with Crippen molar-refractivity contribution in [3.8, 4) is 0 Å². The van der Waals surface area contributed by atoms with Gasteiger partial charge in [0.25, 0.3) is 0 Å². The smallest absolute Gasteiger partial charge is 0.302 e. The van der Waals surface area contributed by atoms with Crippen LogP contribution >= 0.6 is 0 Å². The minimum Gasteiger partial charge on any atom is -0.461 e. The Morgan fingerprint density at radius 3 is 2.67 bits per heavy atom. The van der Waals surface area contributed by atoms with Gasteiger partial charge in [-0.2, -0.15) is 0 Å². The summed E-state index contributed by atoms with van der Waals surface area (Å²) in [6.07, 6.45) is 1.88. The summed E-state index contributed by atoms with van der Waals surface area (Å²) < 4.78 is 15.9. The second kappa shape index (κ2) is 4.77. The SMILES string of the molecule is CC(=O)OCC(C)=CC1COC(C)(C)O1. The van der Waals surface area contributed by atoms with E-state index in [0.717, 1.165) is 5.57 Å². The van der Waals surface area contributed by atoms with Gasteiger partial charge < -0.3 is 14.2 Å². The lowest BCUT2D eigenvalue weighted by Crippen LogP contribution is -2.21. The molecule has 1 saturated heterocycles. The summed E-state index contributed by atoms with van der Waals surface area (Å²) in [4.78, 5) is 10.6. The zero-order valence-electron chi connectivity index (χ0n) is 9.70. The van der Waals surface area contributed by atoms with Gasteiger partial charge in [-0.25, -0.2) is 0 Å². The van der Waals surface area contributed by atoms with Crippen LogP contribution in [-0.4, -0.2) is 31.1 Å². The second-order valence-corrected chi connectivity index (χ2v) is 4.16. The molecular weight excluding hydrogens is 196 g/mol. The van der Waals surface area contributed by atoms with Crippen molar-refractivity contribution in [2.24, 2.45) is 0 Å². The standard InChI is InChI=1S/C11H18O4/c1-8(6-13-9(2)12)5-10-7-14-11(3,4)15-10/h5,10H,6-7H2,1-4H3. The molecule has 0 aromatic rings. The van der Waals surface area contributed by atoms with Crippen LogP contribution in [0.1, 0.15) is 27.7 Å². The minimum absolute atomic E-state index is 0.0458. The van der Waals surface area contributed by atoms with Crippen LogP contribution in [0, 0.1) is 0 Å². The van der Waals surface area contributed by atoms with E-state index < -0.39 is 5.79 Å². The normalized spacial score (nSPS) is 25.3. The van der Waals surface area contributed by atoms with Gasteiger partial charge in [0.1, 0.15) is 12.7 Å². The molecule has 0 aromatic carbocycles. The van der Waals surface area contributed by atoms with E-state index in [2.05, 4.69) is 0 Å².